The summed E-state index contributed by atoms with van der Waals surface area (Å²) in [5.41, 5.74) is 15.4. The average Bonchev–Trinajstić information content (AvgIpc) is 3.24. The summed E-state index contributed by atoms with van der Waals surface area (Å²) in [6.45, 7) is 4.11. The Labute approximate surface area is 314 Å². The summed E-state index contributed by atoms with van der Waals surface area (Å²) in [6.07, 6.45) is 3.75. The largest absolute Gasteiger partial charge is 0.254 e. The van der Waals surface area contributed by atoms with Gasteiger partial charge < -0.3 is 0 Å². The summed E-state index contributed by atoms with van der Waals surface area (Å²) in [5, 5.41) is 4.54. The molecular weight excluding hydrogens is 657 g/mol. The SMILES string of the molecule is Cc1cc(-c2ccccc2)c2ccc3c(-c4ccccc4)cc(C)nc3c2n1.c1ccc(-c2ccnc3c2ccc2c(-c4ccccc4)ccnc23)cc1. The summed E-state index contributed by atoms with van der Waals surface area (Å²) < 4.78 is 0. The quantitative estimate of drug-likeness (QED) is 0.172. The van der Waals surface area contributed by atoms with Crippen molar-refractivity contribution in [3.8, 4) is 44.5 Å². The maximum atomic E-state index is 4.90. The summed E-state index contributed by atoms with van der Waals surface area (Å²) in [6, 6.07) is 59.1. The number of fused-ring (bicyclic) bond motifs is 6. The molecule has 0 aliphatic rings. The van der Waals surface area contributed by atoms with Crippen LogP contribution in [0.2, 0.25) is 0 Å². The predicted octanol–water partition coefficient (Wildman–Crippen LogP) is 12.9. The normalized spacial score (nSPS) is 11.1. The van der Waals surface area contributed by atoms with Gasteiger partial charge in [0, 0.05) is 45.3 Å². The van der Waals surface area contributed by atoms with Crippen molar-refractivity contribution in [2.24, 2.45) is 0 Å². The molecule has 10 aromatic rings. The molecule has 0 spiro atoms. The molecule has 10 rings (SSSR count). The number of benzene rings is 6. The van der Waals surface area contributed by atoms with E-state index in [2.05, 4.69) is 169 Å². The lowest BCUT2D eigenvalue weighted by Crippen LogP contribution is -1.94. The number of rotatable bonds is 4. The second-order valence-electron chi connectivity index (χ2n) is 13.5. The van der Waals surface area contributed by atoms with E-state index in [9.17, 15) is 0 Å². The standard InChI is InChI=1S/C26H20N2.C24H16N2/c1-17-15-23(19-9-5-3-6-10-19)21-13-14-22-24(20-11-7-4-8-12-20)16-18(2)28-26(22)25(21)27-17;1-3-7-17(8-4-1)19-13-15-25-23-21(19)11-12-22-20(14-16-26-24(22)23)18-9-5-2-6-10-18/h3-16H,1-2H3;1-16H. The molecule has 0 amide bonds. The molecule has 0 aliphatic carbocycles. The molecule has 6 aromatic carbocycles. The van der Waals surface area contributed by atoms with Crippen LogP contribution in [-0.2, 0) is 0 Å². The van der Waals surface area contributed by atoms with Gasteiger partial charge in [-0.1, -0.05) is 146 Å². The number of hydrogen-bond acceptors (Lipinski definition) is 4. The highest BCUT2D eigenvalue weighted by Gasteiger charge is 2.15. The van der Waals surface area contributed by atoms with Crippen LogP contribution in [0.3, 0.4) is 0 Å². The maximum absolute atomic E-state index is 4.90. The Hall–Kier alpha value is -7.04. The molecule has 0 saturated heterocycles. The van der Waals surface area contributed by atoms with Gasteiger partial charge in [-0.3, -0.25) is 19.9 Å². The number of aryl methyl sites for hydroxylation is 2. The van der Waals surface area contributed by atoms with E-state index in [0.29, 0.717) is 0 Å². The minimum atomic E-state index is 0.946. The second kappa shape index (κ2) is 14.2. The highest BCUT2D eigenvalue weighted by atomic mass is 14.8. The van der Waals surface area contributed by atoms with Gasteiger partial charge in [-0.2, -0.15) is 0 Å². The van der Waals surface area contributed by atoms with Crippen LogP contribution in [0.15, 0.2) is 182 Å². The van der Waals surface area contributed by atoms with E-state index >= 15 is 0 Å². The zero-order chi connectivity index (χ0) is 36.4. The molecule has 0 saturated carbocycles. The van der Waals surface area contributed by atoms with Crippen molar-refractivity contribution < 1.29 is 0 Å². The Kier molecular flexibility index (Phi) is 8.62. The van der Waals surface area contributed by atoms with E-state index in [4.69, 9.17) is 9.97 Å². The molecule has 0 aliphatic heterocycles. The Morgan fingerprint density at radius 1 is 0.296 bits per heavy atom. The summed E-state index contributed by atoms with van der Waals surface area (Å²) in [5.74, 6) is 0. The van der Waals surface area contributed by atoms with E-state index in [0.717, 1.165) is 55.0 Å². The summed E-state index contributed by atoms with van der Waals surface area (Å²) in [4.78, 5) is 19.1. The van der Waals surface area contributed by atoms with Crippen molar-refractivity contribution in [3.05, 3.63) is 194 Å². The van der Waals surface area contributed by atoms with Gasteiger partial charge in [0.2, 0.25) is 0 Å². The van der Waals surface area contributed by atoms with Crippen molar-refractivity contribution in [1.29, 1.82) is 0 Å². The van der Waals surface area contributed by atoms with E-state index in [1.165, 1.54) is 44.5 Å². The van der Waals surface area contributed by atoms with Crippen LogP contribution in [0, 0.1) is 13.8 Å². The molecule has 4 aromatic heterocycles. The zero-order valence-corrected chi connectivity index (χ0v) is 30.1. The van der Waals surface area contributed by atoms with E-state index < -0.39 is 0 Å². The Morgan fingerprint density at radius 2 is 0.593 bits per heavy atom. The third kappa shape index (κ3) is 6.14. The van der Waals surface area contributed by atoms with Crippen molar-refractivity contribution >= 4 is 43.6 Å². The van der Waals surface area contributed by atoms with Gasteiger partial charge in [-0.05, 0) is 82.6 Å². The molecule has 4 heteroatoms. The van der Waals surface area contributed by atoms with Gasteiger partial charge in [0.1, 0.15) is 0 Å². The molecule has 0 fully saturated rings. The number of aromatic nitrogens is 4. The van der Waals surface area contributed by atoms with Crippen LogP contribution >= 0.6 is 0 Å². The minimum Gasteiger partial charge on any atom is -0.254 e. The van der Waals surface area contributed by atoms with Gasteiger partial charge in [0.15, 0.2) is 0 Å². The van der Waals surface area contributed by atoms with E-state index in [1.807, 2.05) is 36.7 Å². The Balaban J connectivity index is 0.000000143. The zero-order valence-electron chi connectivity index (χ0n) is 30.1. The van der Waals surface area contributed by atoms with Crippen molar-refractivity contribution in [2.45, 2.75) is 13.8 Å². The van der Waals surface area contributed by atoms with Crippen LogP contribution < -0.4 is 0 Å². The lowest BCUT2D eigenvalue weighted by Gasteiger charge is -2.13. The van der Waals surface area contributed by atoms with Crippen LogP contribution in [0.4, 0.5) is 0 Å². The number of pyridine rings is 4. The van der Waals surface area contributed by atoms with Gasteiger partial charge >= 0.3 is 0 Å². The fourth-order valence-electron chi connectivity index (χ4n) is 7.51. The van der Waals surface area contributed by atoms with Gasteiger partial charge in [0.05, 0.1) is 22.1 Å². The molecule has 0 N–H and O–H groups in total. The first-order chi connectivity index (χ1) is 26.6. The lowest BCUT2D eigenvalue weighted by molar-refractivity contribution is 1.23. The highest BCUT2D eigenvalue weighted by molar-refractivity contribution is 6.13. The molecule has 0 radical (unpaired) electrons. The first-order valence-corrected chi connectivity index (χ1v) is 18.2. The average molecular weight is 693 g/mol. The van der Waals surface area contributed by atoms with Crippen LogP contribution in [0.5, 0.6) is 0 Å². The smallest absolute Gasteiger partial charge is 0.0974 e. The first kappa shape index (κ1) is 32.8. The monoisotopic (exact) mass is 692 g/mol. The topological polar surface area (TPSA) is 51.6 Å². The van der Waals surface area contributed by atoms with Gasteiger partial charge in [-0.15, -0.1) is 0 Å². The van der Waals surface area contributed by atoms with Gasteiger partial charge in [-0.25, -0.2) is 0 Å². The maximum Gasteiger partial charge on any atom is 0.0974 e. The Morgan fingerprint density at radius 3 is 0.926 bits per heavy atom. The predicted molar refractivity (Wildman–Crippen MR) is 225 cm³/mol. The summed E-state index contributed by atoms with van der Waals surface area (Å²) >= 11 is 0. The number of hydrogen-bond donors (Lipinski definition) is 0. The first-order valence-electron chi connectivity index (χ1n) is 18.2. The van der Waals surface area contributed by atoms with Crippen LogP contribution in [0.25, 0.3) is 88.1 Å². The molecule has 256 valence electrons. The molecular formula is C50H36N4. The van der Waals surface area contributed by atoms with Crippen molar-refractivity contribution in [1.82, 2.24) is 19.9 Å². The van der Waals surface area contributed by atoms with Crippen molar-refractivity contribution in [2.75, 3.05) is 0 Å². The second-order valence-corrected chi connectivity index (χ2v) is 13.5. The van der Waals surface area contributed by atoms with E-state index in [1.54, 1.807) is 0 Å². The Bertz CT molecular complexity index is 2720. The summed E-state index contributed by atoms with van der Waals surface area (Å²) in [7, 11) is 0. The molecule has 54 heavy (non-hydrogen) atoms. The third-order valence-electron chi connectivity index (χ3n) is 9.97. The third-order valence-corrected chi connectivity index (χ3v) is 9.97. The molecule has 4 heterocycles. The van der Waals surface area contributed by atoms with Crippen LogP contribution in [0.1, 0.15) is 11.4 Å². The molecule has 4 nitrogen and oxygen atoms in total. The minimum absolute atomic E-state index is 0.946. The van der Waals surface area contributed by atoms with Crippen LogP contribution in [-0.4, -0.2) is 19.9 Å². The molecule has 0 bridgehead atoms. The molecule has 0 atom stereocenters. The van der Waals surface area contributed by atoms with E-state index in [-0.39, 0.29) is 0 Å². The van der Waals surface area contributed by atoms with Gasteiger partial charge in [0.25, 0.3) is 0 Å². The lowest BCUT2D eigenvalue weighted by atomic mass is 9.95. The van der Waals surface area contributed by atoms with Crippen molar-refractivity contribution in [3.63, 3.8) is 0 Å². The highest BCUT2D eigenvalue weighted by Crippen LogP contribution is 2.37. The fraction of sp³-hybridized carbons (Fsp3) is 0.0400. The molecule has 0 unspecified atom stereocenters. The number of nitrogens with zero attached hydrogens (tertiary/aromatic N) is 4. The fourth-order valence-corrected chi connectivity index (χ4v) is 7.51.